The van der Waals surface area contributed by atoms with E-state index in [0.717, 1.165) is 0 Å². The van der Waals surface area contributed by atoms with E-state index in [1.807, 2.05) is 0 Å². The van der Waals surface area contributed by atoms with Crippen LogP contribution in [0.4, 0.5) is 11.4 Å². The summed E-state index contributed by atoms with van der Waals surface area (Å²) >= 11 is 0. The number of anilines is 1. The van der Waals surface area contributed by atoms with Gasteiger partial charge in [0.15, 0.2) is 0 Å². The van der Waals surface area contributed by atoms with Crippen LogP contribution >= 0.6 is 0 Å². The summed E-state index contributed by atoms with van der Waals surface area (Å²) in [6.07, 6.45) is 0.536. The lowest BCUT2D eigenvalue weighted by molar-refractivity contribution is -0.384. The largest absolute Gasteiger partial charge is 0.383 e. The van der Waals surface area contributed by atoms with Crippen molar-refractivity contribution in [3.05, 3.63) is 33.9 Å². The summed E-state index contributed by atoms with van der Waals surface area (Å²) < 4.78 is 4.81. The number of aldehydes is 1. The smallest absolute Gasteiger partial charge is 0.293 e. The number of carbonyl (C=O) groups is 2. The SMILES string of the molecule is COCCNC(=O)CN(C)c1ccc(C=O)cc1[N+](=O)[O-]. The minimum Gasteiger partial charge on any atom is -0.383 e. The van der Waals surface area contributed by atoms with Gasteiger partial charge in [0.1, 0.15) is 12.0 Å². The minimum atomic E-state index is -0.582. The maximum atomic E-state index is 11.7. The number of carbonyl (C=O) groups excluding carboxylic acids is 2. The number of hydrogen-bond acceptors (Lipinski definition) is 6. The Morgan fingerprint density at radius 2 is 2.24 bits per heavy atom. The molecule has 1 rings (SSSR count). The van der Waals surface area contributed by atoms with Gasteiger partial charge in [-0.05, 0) is 12.1 Å². The number of benzene rings is 1. The van der Waals surface area contributed by atoms with E-state index in [1.165, 1.54) is 30.2 Å². The Morgan fingerprint density at radius 3 is 2.81 bits per heavy atom. The van der Waals surface area contributed by atoms with Crippen molar-refractivity contribution in [2.75, 3.05) is 38.8 Å². The van der Waals surface area contributed by atoms with Crippen molar-refractivity contribution in [2.24, 2.45) is 0 Å². The van der Waals surface area contributed by atoms with E-state index in [2.05, 4.69) is 5.32 Å². The van der Waals surface area contributed by atoms with Gasteiger partial charge in [0, 0.05) is 32.3 Å². The summed E-state index contributed by atoms with van der Waals surface area (Å²) in [6.45, 7) is 0.726. The van der Waals surface area contributed by atoms with E-state index < -0.39 is 4.92 Å². The first-order valence-corrected chi connectivity index (χ1v) is 6.20. The Bertz CT molecular complexity index is 533. The molecule has 21 heavy (non-hydrogen) atoms. The van der Waals surface area contributed by atoms with Crippen molar-refractivity contribution < 1.29 is 19.2 Å². The second-order valence-electron chi connectivity index (χ2n) is 4.32. The van der Waals surface area contributed by atoms with Crippen molar-refractivity contribution in [3.8, 4) is 0 Å². The molecule has 1 aromatic rings. The van der Waals surface area contributed by atoms with E-state index in [0.29, 0.717) is 19.4 Å². The predicted octanol–water partition coefficient (Wildman–Crippen LogP) is 0.606. The highest BCUT2D eigenvalue weighted by Crippen LogP contribution is 2.27. The Hall–Kier alpha value is -2.48. The first kappa shape index (κ1) is 16.6. The number of ether oxygens (including phenoxy) is 1. The number of likely N-dealkylation sites (N-methyl/N-ethyl adjacent to an activating group) is 1. The Morgan fingerprint density at radius 1 is 1.52 bits per heavy atom. The standard InChI is InChI=1S/C13H17N3O5/c1-15(8-13(18)14-5-6-21-2)11-4-3-10(9-17)7-12(11)16(19)20/h3-4,7,9H,5-6,8H2,1-2H3,(H,14,18). The summed E-state index contributed by atoms with van der Waals surface area (Å²) in [4.78, 5) is 34.3. The molecule has 0 spiro atoms. The molecule has 0 aromatic heterocycles. The zero-order chi connectivity index (χ0) is 15.8. The summed E-state index contributed by atoms with van der Waals surface area (Å²) in [5.41, 5.74) is 0.266. The van der Waals surface area contributed by atoms with Crippen LogP contribution in [0, 0.1) is 10.1 Å². The van der Waals surface area contributed by atoms with Gasteiger partial charge in [-0.1, -0.05) is 0 Å². The van der Waals surface area contributed by atoms with Gasteiger partial charge < -0.3 is 15.0 Å². The topological polar surface area (TPSA) is 102 Å². The van der Waals surface area contributed by atoms with Gasteiger partial charge in [-0.25, -0.2) is 0 Å². The maximum Gasteiger partial charge on any atom is 0.293 e. The van der Waals surface area contributed by atoms with Gasteiger partial charge in [-0.2, -0.15) is 0 Å². The van der Waals surface area contributed by atoms with E-state index in [9.17, 15) is 19.7 Å². The molecule has 0 aliphatic carbocycles. The van der Waals surface area contributed by atoms with Crippen LogP contribution in [0.2, 0.25) is 0 Å². The molecule has 8 nitrogen and oxygen atoms in total. The van der Waals surface area contributed by atoms with Gasteiger partial charge in [0.05, 0.1) is 18.1 Å². The number of nitrogens with one attached hydrogen (secondary N) is 1. The van der Waals surface area contributed by atoms with Gasteiger partial charge in [0.2, 0.25) is 5.91 Å². The molecule has 0 saturated heterocycles. The van der Waals surface area contributed by atoms with Crippen LogP contribution in [0.1, 0.15) is 10.4 Å². The number of methoxy groups -OCH3 is 1. The first-order chi connectivity index (χ1) is 9.99. The molecule has 1 aromatic carbocycles. The molecule has 0 aliphatic heterocycles. The van der Waals surface area contributed by atoms with Crippen molar-refractivity contribution in [1.29, 1.82) is 0 Å². The van der Waals surface area contributed by atoms with Gasteiger partial charge in [0.25, 0.3) is 5.69 Å². The van der Waals surface area contributed by atoms with E-state index in [4.69, 9.17) is 4.74 Å². The lowest BCUT2D eigenvalue weighted by atomic mass is 10.1. The highest BCUT2D eigenvalue weighted by atomic mass is 16.6. The van der Waals surface area contributed by atoms with Crippen LogP contribution in [0.15, 0.2) is 18.2 Å². The van der Waals surface area contributed by atoms with Gasteiger partial charge in [-0.15, -0.1) is 0 Å². The molecule has 0 bridgehead atoms. The Balaban J connectivity index is 2.81. The molecule has 0 radical (unpaired) electrons. The summed E-state index contributed by atoms with van der Waals surface area (Å²) in [6, 6.07) is 4.10. The highest BCUT2D eigenvalue weighted by molar-refractivity contribution is 5.84. The van der Waals surface area contributed by atoms with Crippen LogP contribution in [0.3, 0.4) is 0 Å². The minimum absolute atomic E-state index is 0.0367. The monoisotopic (exact) mass is 295 g/mol. The summed E-state index contributed by atoms with van der Waals surface area (Å²) in [5.74, 6) is -0.275. The Kier molecular flexibility index (Phi) is 6.28. The molecule has 0 fully saturated rings. The quantitative estimate of drug-likeness (QED) is 0.326. The highest BCUT2D eigenvalue weighted by Gasteiger charge is 2.19. The third-order valence-corrected chi connectivity index (χ3v) is 2.75. The number of nitro benzene ring substituents is 1. The molecule has 0 saturated carbocycles. The van der Waals surface area contributed by atoms with Crippen LogP contribution in [0.25, 0.3) is 0 Å². The first-order valence-electron chi connectivity index (χ1n) is 6.20. The lowest BCUT2D eigenvalue weighted by Gasteiger charge is -2.18. The number of hydrogen-bond donors (Lipinski definition) is 1. The van der Waals surface area contributed by atoms with Crippen LogP contribution in [-0.2, 0) is 9.53 Å². The van der Waals surface area contributed by atoms with E-state index in [-0.39, 0.29) is 29.4 Å². The molecule has 8 heteroatoms. The third-order valence-electron chi connectivity index (χ3n) is 2.75. The molecule has 0 atom stereocenters. The summed E-state index contributed by atoms with van der Waals surface area (Å²) in [5, 5.41) is 13.7. The molecule has 1 N–H and O–H groups in total. The number of nitro groups is 1. The van der Waals surface area contributed by atoms with Gasteiger partial charge in [-0.3, -0.25) is 19.7 Å². The average Bonchev–Trinajstić information content (AvgIpc) is 2.46. The Labute approximate surface area is 121 Å². The van der Waals surface area contributed by atoms with Crippen LogP contribution in [-0.4, -0.2) is 51.0 Å². The molecular formula is C13H17N3O5. The number of rotatable bonds is 8. The van der Waals surface area contributed by atoms with Crippen LogP contribution in [0.5, 0.6) is 0 Å². The second-order valence-corrected chi connectivity index (χ2v) is 4.32. The molecule has 114 valence electrons. The zero-order valence-electron chi connectivity index (χ0n) is 11.9. The zero-order valence-corrected chi connectivity index (χ0v) is 11.9. The van der Waals surface area contributed by atoms with Crippen molar-refractivity contribution in [3.63, 3.8) is 0 Å². The number of amides is 1. The normalized spacial score (nSPS) is 10.0. The molecule has 0 heterocycles. The molecule has 1 amide bonds. The van der Waals surface area contributed by atoms with E-state index >= 15 is 0 Å². The third kappa shape index (κ3) is 4.84. The fraction of sp³-hybridized carbons (Fsp3) is 0.385. The summed E-state index contributed by atoms with van der Waals surface area (Å²) in [7, 11) is 3.09. The lowest BCUT2D eigenvalue weighted by Crippen LogP contribution is -2.36. The second kappa shape index (κ2) is 7.95. The van der Waals surface area contributed by atoms with Crippen molar-refractivity contribution in [2.45, 2.75) is 0 Å². The fourth-order valence-corrected chi connectivity index (χ4v) is 1.73. The van der Waals surface area contributed by atoms with Gasteiger partial charge >= 0.3 is 0 Å². The van der Waals surface area contributed by atoms with Crippen molar-refractivity contribution >= 4 is 23.6 Å². The molecule has 0 aliphatic rings. The fourth-order valence-electron chi connectivity index (χ4n) is 1.73. The molecular weight excluding hydrogens is 278 g/mol. The van der Waals surface area contributed by atoms with Crippen LogP contribution < -0.4 is 10.2 Å². The van der Waals surface area contributed by atoms with E-state index in [1.54, 1.807) is 7.05 Å². The average molecular weight is 295 g/mol. The predicted molar refractivity (Wildman–Crippen MR) is 76.6 cm³/mol. The maximum absolute atomic E-state index is 11.7. The number of nitrogens with zero attached hydrogens (tertiary/aromatic N) is 2. The van der Waals surface area contributed by atoms with Crippen molar-refractivity contribution in [1.82, 2.24) is 5.32 Å². The molecule has 0 unspecified atom stereocenters.